The van der Waals surface area contributed by atoms with Gasteiger partial charge in [0.25, 0.3) is 0 Å². The summed E-state index contributed by atoms with van der Waals surface area (Å²) in [6.45, 7) is 8.73. The molecule has 0 spiro atoms. The molecule has 3 fully saturated rings. The van der Waals surface area contributed by atoms with Gasteiger partial charge in [0, 0.05) is 24.9 Å². The van der Waals surface area contributed by atoms with E-state index in [0.29, 0.717) is 25.4 Å². The lowest BCUT2D eigenvalue weighted by molar-refractivity contribution is -0.128. The number of sulfonamides is 1. The van der Waals surface area contributed by atoms with Crippen molar-refractivity contribution in [2.75, 3.05) is 18.8 Å². The average molecular weight is 329 g/mol. The lowest BCUT2D eigenvalue weighted by Gasteiger charge is -2.40. The van der Waals surface area contributed by atoms with Crippen LogP contribution in [-0.2, 0) is 19.6 Å². The molecule has 22 heavy (non-hydrogen) atoms. The molecule has 0 aromatic rings. The molecule has 0 aromatic heterocycles. The van der Waals surface area contributed by atoms with Crippen molar-refractivity contribution in [2.45, 2.75) is 59.2 Å². The number of nitrogens with zero attached hydrogens (tertiary/aromatic N) is 1. The van der Waals surface area contributed by atoms with Gasteiger partial charge >= 0.3 is 0 Å². The topological polar surface area (TPSA) is 63.7 Å². The summed E-state index contributed by atoms with van der Waals surface area (Å²) in [6.07, 6.45) is 2.06. The zero-order valence-electron chi connectivity index (χ0n) is 14.0. The van der Waals surface area contributed by atoms with Crippen LogP contribution in [0.1, 0.15) is 47.0 Å². The molecule has 2 aliphatic carbocycles. The normalized spacial score (nSPS) is 42.0. The van der Waals surface area contributed by atoms with Gasteiger partial charge in [-0.2, -0.15) is 4.31 Å². The Morgan fingerprint density at radius 2 is 1.82 bits per heavy atom. The number of Topliss-reactive ketones (excluding diaryl/α,β-unsaturated/α-hetero) is 1. The van der Waals surface area contributed by atoms with Crippen molar-refractivity contribution >= 4 is 15.8 Å². The van der Waals surface area contributed by atoms with Crippen molar-refractivity contribution in [3.63, 3.8) is 0 Å². The summed E-state index contributed by atoms with van der Waals surface area (Å²) in [5.74, 6) is 0.478. The molecule has 126 valence electrons. The molecule has 2 bridgehead atoms. The first kappa shape index (κ1) is 16.4. The van der Waals surface area contributed by atoms with E-state index >= 15 is 0 Å². The molecule has 3 aliphatic rings. The molecule has 2 saturated carbocycles. The van der Waals surface area contributed by atoms with Crippen LogP contribution in [0.5, 0.6) is 0 Å². The Morgan fingerprint density at radius 1 is 1.23 bits per heavy atom. The Bertz CT molecular complexity index is 575. The van der Waals surface area contributed by atoms with Gasteiger partial charge in [-0.15, -0.1) is 0 Å². The fourth-order valence-corrected chi connectivity index (χ4v) is 7.23. The van der Waals surface area contributed by atoms with E-state index < -0.39 is 15.4 Å². The molecule has 0 amide bonds. The Labute approximate surface area is 133 Å². The van der Waals surface area contributed by atoms with Gasteiger partial charge in [-0.3, -0.25) is 4.79 Å². The summed E-state index contributed by atoms with van der Waals surface area (Å²) < 4.78 is 33.1. The number of fused-ring (bicyclic) bond motifs is 2. The zero-order chi connectivity index (χ0) is 16.3. The van der Waals surface area contributed by atoms with Crippen LogP contribution in [-0.4, -0.2) is 49.6 Å². The maximum absolute atomic E-state index is 13.0. The second-order valence-electron chi connectivity index (χ2n) is 8.00. The molecule has 5 nitrogen and oxygen atoms in total. The monoisotopic (exact) mass is 329 g/mol. The van der Waals surface area contributed by atoms with Crippen LogP contribution in [0.4, 0.5) is 0 Å². The zero-order valence-corrected chi connectivity index (χ0v) is 14.8. The van der Waals surface area contributed by atoms with Crippen LogP contribution in [0.2, 0.25) is 0 Å². The van der Waals surface area contributed by atoms with Crippen molar-refractivity contribution in [2.24, 2.45) is 16.7 Å². The minimum absolute atomic E-state index is 0.0260. The van der Waals surface area contributed by atoms with E-state index in [1.54, 1.807) is 0 Å². The van der Waals surface area contributed by atoms with Crippen molar-refractivity contribution in [1.82, 2.24) is 4.31 Å². The Balaban J connectivity index is 1.87. The molecule has 1 saturated heterocycles. The highest BCUT2D eigenvalue weighted by Gasteiger charge is 2.65. The summed E-state index contributed by atoms with van der Waals surface area (Å²) in [6, 6.07) is 0. The summed E-state index contributed by atoms with van der Waals surface area (Å²) in [5, 5.41) is 0. The number of carbonyl (C=O) groups is 1. The highest BCUT2D eigenvalue weighted by atomic mass is 32.2. The first-order chi connectivity index (χ1) is 10.1. The summed E-state index contributed by atoms with van der Waals surface area (Å²) in [4.78, 5) is 12.6. The van der Waals surface area contributed by atoms with E-state index in [0.717, 1.165) is 12.8 Å². The first-order valence-electron chi connectivity index (χ1n) is 8.25. The van der Waals surface area contributed by atoms with E-state index in [1.807, 2.05) is 13.8 Å². The predicted octanol–water partition coefficient (Wildman–Crippen LogP) is 1.82. The number of rotatable bonds is 3. The van der Waals surface area contributed by atoms with Crippen LogP contribution in [0, 0.1) is 16.7 Å². The molecule has 0 N–H and O–H groups in total. The van der Waals surface area contributed by atoms with Crippen LogP contribution >= 0.6 is 0 Å². The van der Waals surface area contributed by atoms with Gasteiger partial charge in [0.1, 0.15) is 5.78 Å². The van der Waals surface area contributed by atoms with Crippen molar-refractivity contribution < 1.29 is 17.9 Å². The predicted molar refractivity (Wildman–Crippen MR) is 83.9 cm³/mol. The van der Waals surface area contributed by atoms with Gasteiger partial charge in [0.2, 0.25) is 10.0 Å². The number of hydrogen-bond donors (Lipinski definition) is 0. The molecule has 1 aliphatic heterocycles. The second kappa shape index (κ2) is 5.02. The van der Waals surface area contributed by atoms with Gasteiger partial charge < -0.3 is 4.74 Å². The largest absolute Gasteiger partial charge is 0.373 e. The highest BCUT2D eigenvalue weighted by molar-refractivity contribution is 7.89. The number of hydrogen-bond acceptors (Lipinski definition) is 4. The van der Waals surface area contributed by atoms with Crippen LogP contribution < -0.4 is 0 Å². The maximum atomic E-state index is 13.0. The molecule has 4 atom stereocenters. The van der Waals surface area contributed by atoms with Crippen molar-refractivity contribution in [3.05, 3.63) is 0 Å². The van der Waals surface area contributed by atoms with E-state index in [2.05, 4.69) is 13.8 Å². The Morgan fingerprint density at radius 3 is 2.27 bits per heavy atom. The average Bonchev–Trinajstić information content (AvgIpc) is 2.71. The molecule has 0 unspecified atom stereocenters. The smallest absolute Gasteiger partial charge is 0.215 e. The standard InChI is InChI=1S/C16H27NO4S/c1-11-8-17(9-12(2)21-11)22(19,20)10-16-6-5-13(7-14(16)18)15(16,3)4/h11-13H,5-10H2,1-4H3/t11-,12-,13-,16+/m0/s1. The van der Waals surface area contributed by atoms with Gasteiger partial charge in [-0.25, -0.2) is 8.42 Å². The molecule has 0 aromatic carbocycles. The number of ketones is 1. The third kappa shape index (κ3) is 2.26. The van der Waals surface area contributed by atoms with Gasteiger partial charge in [0.05, 0.1) is 18.0 Å². The highest BCUT2D eigenvalue weighted by Crippen LogP contribution is 2.64. The molecule has 1 heterocycles. The van der Waals surface area contributed by atoms with E-state index in [4.69, 9.17) is 4.74 Å². The van der Waals surface area contributed by atoms with Crippen LogP contribution in [0.3, 0.4) is 0 Å². The molecule has 6 heteroatoms. The van der Waals surface area contributed by atoms with Gasteiger partial charge in [-0.1, -0.05) is 13.8 Å². The quantitative estimate of drug-likeness (QED) is 0.792. The molecular weight excluding hydrogens is 302 g/mol. The summed E-state index contributed by atoms with van der Waals surface area (Å²) >= 11 is 0. The third-order valence-corrected chi connectivity index (χ3v) is 8.29. The molecule has 3 rings (SSSR count). The van der Waals surface area contributed by atoms with Crippen molar-refractivity contribution in [3.8, 4) is 0 Å². The second-order valence-corrected chi connectivity index (χ2v) is 9.97. The number of carbonyl (C=O) groups excluding carboxylic acids is 1. The first-order valence-corrected chi connectivity index (χ1v) is 9.86. The fourth-order valence-electron chi connectivity index (χ4n) is 4.87. The van der Waals surface area contributed by atoms with E-state index in [9.17, 15) is 13.2 Å². The minimum atomic E-state index is -3.45. The lowest BCUT2D eigenvalue weighted by atomic mass is 9.70. The number of ether oxygens (including phenoxy) is 1. The van der Waals surface area contributed by atoms with Gasteiger partial charge in [-0.05, 0) is 38.0 Å². The summed E-state index contributed by atoms with van der Waals surface area (Å²) in [7, 11) is -3.45. The SMILES string of the molecule is C[C@H]1CN(S(=O)(=O)C[C@]23CC[C@@H](CC2=O)C3(C)C)C[C@H](C)O1. The lowest BCUT2D eigenvalue weighted by Crippen LogP contribution is -2.52. The molecule has 0 radical (unpaired) electrons. The minimum Gasteiger partial charge on any atom is -0.373 e. The maximum Gasteiger partial charge on any atom is 0.215 e. The fraction of sp³-hybridized carbons (Fsp3) is 0.938. The van der Waals surface area contributed by atoms with E-state index in [1.165, 1.54) is 4.31 Å². The van der Waals surface area contributed by atoms with Gasteiger partial charge in [0.15, 0.2) is 0 Å². The van der Waals surface area contributed by atoms with Crippen LogP contribution in [0.15, 0.2) is 0 Å². The van der Waals surface area contributed by atoms with Crippen molar-refractivity contribution in [1.29, 1.82) is 0 Å². The number of morpholine rings is 1. The Hall–Kier alpha value is -0.460. The van der Waals surface area contributed by atoms with Crippen LogP contribution in [0.25, 0.3) is 0 Å². The Kier molecular flexibility index (Phi) is 3.74. The third-order valence-electron chi connectivity index (χ3n) is 6.35. The molecular formula is C16H27NO4S. The van der Waals surface area contributed by atoms with E-state index in [-0.39, 0.29) is 29.2 Å². The summed E-state index contributed by atoms with van der Waals surface area (Å²) in [5.41, 5.74) is -0.887.